The third-order valence-electron chi connectivity index (χ3n) is 3.16. The fourth-order valence-corrected chi connectivity index (χ4v) is 2.07. The summed E-state index contributed by atoms with van der Waals surface area (Å²) in [6.45, 7) is 3.94. The summed E-state index contributed by atoms with van der Waals surface area (Å²) in [5.41, 5.74) is 2.66. The van der Waals surface area contributed by atoms with Crippen molar-refractivity contribution in [2.75, 3.05) is 6.61 Å². The van der Waals surface area contributed by atoms with Crippen LogP contribution in [0.3, 0.4) is 0 Å². The summed E-state index contributed by atoms with van der Waals surface area (Å²) >= 11 is 11.7. The minimum Gasteiger partial charge on any atom is -0.485 e. The fraction of sp³-hybridized carbons (Fsp3) is 0.188. The first-order chi connectivity index (χ1) is 9.49. The number of rotatable bonds is 4. The lowest BCUT2D eigenvalue weighted by Crippen LogP contribution is -2.12. The van der Waals surface area contributed by atoms with Gasteiger partial charge < -0.3 is 4.74 Å². The van der Waals surface area contributed by atoms with Crippen molar-refractivity contribution in [3.63, 3.8) is 0 Å². The van der Waals surface area contributed by atoms with Gasteiger partial charge >= 0.3 is 0 Å². The lowest BCUT2D eigenvalue weighted by molar-refractivity contribution is 0.0921. The molecule has 2 aromatic rings. The van der Waals surface area contributed by atoms with Crippen molar-refractivity contribution in [1.29, 1.82) is 0 Å². The van der Waals surface area contributed by atoms with Gasteiger partial charge in [0.1, 0.15) is 5.75 Å². The molecule has 0 aliphatic rings. The molecule has 0 N–H and O–H groups in total. The number of halogens is 2. The van der Waals surface area contributed by atoms with E-state index in [1.807, 2.05) is 32.0 Å². The molecule has 0 saturated carbocycles. The van der Waals surface area contributed by atoms with Crippen LogP contribution in [-0.2, 0) is 0 Å². The minimum atomic E-state index is -0.135. The molecule has 0 spiro atoms. The molecule has 2 rings (SSSR count). The van der Waals surface area contributed by atoms with E-state index in [1.165, 1.54) is 0 Å². The molecule has 0 amide bonds. The second-order valence-electron chi connectivity index (χ2n) is 4.54. The summed E-state index contributed by atoms with van der Waals surface area (Å²) in [7, 11) is 0. The maximum absolute atomic E-state index is 12.1. The third-order valence-corrected chi connectivity index (χ3v) is 3.89. The van der Waals surface area contributed by atoms with E-state index in [9.17, 15) is 4.79 Å². The van der Waals surface area contributed by atoms with Crippen molar-refractivity contribution in [2.24, 2.45) is 0 Å². The molecule has 0 aliphatic carbocycles. The first-order valence-electron chi connectivity index (χ1n) is 6.16. The monoisotopic (exact) mass is 308 g/mol. The van der Waals surface area contributed by atoms with E-state index in [0.29, 0.717) is 15.6 Å². The number of aryl methyl sites for hydroxylation is 1. The Bertz CT molecular complexity index is 651. The van der Waals surface area contributed by atoms with E-state index in [4.69, 9.17) is 27.9 Å². The molecule has 0 fully saturated rings. The van der Waals surface area contributed by atoms with Crippen molar-refractivity contribution in [1.82, 2.24) is 0 Å². The maximum atomic E-state index is 12.1. The highest BCUT2D eigenvalue weighted by Crippen LogP contribution is 2.24. The SMILES string of the molecule is Cc1cccc(OCC(=O)c2ccc(Cl)c(Cl)c2)c1C. The largest absolute Gasteiger partial charge is 0.485 e. The van der Waals surface area contributed by atoms with Gasteiger partial charge in [0.05, 0.1) is 10.0 Å². The molecular weight excluding hydrogens is 295 g/mol. The van der Waals surface area contributed by atoms with Crippen LogP contribution in [-0.4, -0.2) is 12.4 Å². The lowest BCUT2D eigenvalue weighted by Gasteiger charge is -2.10. The molecular formula is C16H14Cl2O2. The quantitative estimate of drug-likeness (QED) is 0.753. The zero-order valence-corrected chi connectivity index (χ0v) is 12.8. The molecule has 0 unspecified atom stereocenters. The van der Waals surface area contributed by atoms with E-state index >= 15 is 0 Å². The molecule has 0 radical (unpaired) electrons. The third kappa shape index (κ3) is 3.33. The van der Waals surface area contributed by atoms with Crippen molar-refractivity contribution >= 4 is 29.0 Å². The summed E-state index contributed by atoms with van der Waals surface area (Å²) in [6, 6.07) is 10.6. The van der Waals surface area contributed by atoms with Crippen molar-refractivity contribution in [3.05, 3.63) is 63.1 Å². The summed E-state index contributed by atoms with van der Waals surface area (Å²) in [6.07, 6.45) is 0. The van der Waals surface area contributed by atoms with Crippen LogP contribution < -0.4 is 4.74 Å². The number of carbonyl (C=O) groups is 1. The van der Waals surface area contributed by atoms with Gasteiger partial charge in [-0.3, -0.25) is 4.79 Å². The number of benzene rings is 2. The van der Waals surface area contributed by atoms with Crippen LogP contribution in [0.1, 0.15) is 21.5 Å². The van der Waals surface area contributed by atoms with E-state index in [0.717, 1.165) is 16.9 Å². The van der Waals surface area contributed by atoms with Crippen LogP contribution in [0.15, 0.2) is 36.4 Å². The second kappa shape index (κ2) is 6.29. The Balaban J connectivity index is 2.08. The number of carbonyl (C=O) groups excluding carboxylic acids is 1. The van der Waals surface area contributed by atoms with Crippen LogP contribution in [0, 0.1) is 13.8 Å². The molecule has 2 aromatic carbocycles. The Labute approximate surface area is 128 Å². The predicted octanol–water partition coefficient (Wildman–Crippen LogP) is 4.87. The molecule has 0 aromatic heterocycles. The van der Waals surface area contributed by atoms with Gasteiger partial charge in [0.2, 0.25) is 0 Å². The predicted molar refractivity (Wildman–Crippen MR) is 82.2 cm³/mol. The number of hydrogen-bond donors (Lipinski definition) is 0. The van der Waals surface area contributed by atoms with Crippen LogP contribution in [0.2, 0.25) is 10.0 Å². The Morgan fingerprint density at radius 1 is 1.10 bits per heavy atom. The zero-order valence-electron chi connectivity index (χ0n) is 11.2. The van der Waals surface area contributed by atoms with Gasteiger partial charge in [-0.15, -0.1) is 0 Å². The van der Waals surface area contributed by atoms with Crippen LogP contribution in [0.4, 0.5) is 0 Å². The Morgan fingerprint density at radius 2 is 1.85 bits per heavy atom. The van der Waals surface area contributed by atoms with Gasteiger partial charge in [0.25, 0.3) is 0 Å². The molecule has 4 heteroatoms. The van der Waals surface area contributed by atoms with E-state index in [-0.39, 0.29) is 12.4 Å². The minimum absolute atomic E-state index is 0.0255. The van der Waals surface area contributed by atoms with Gasteiger partial charge in [0, 0.05) is 5.56 Å². The zero-order chi connectivity index (χ0) is 14.7. The average molecular weight is 309 g/mol. The maximum Gasteiger partial charge on any atom is 0.200 e. The molecule has 0 aliphatic heterocycles. The molecule has 104 valence electrons. The topological polar surface area (TPSA) is 26.3 Å². The highest BCUT2D eigenvalue weighted by Gasteiger charge is 2.10. The Hall–Kier alpha value is -1.51. The van der Waals surface area contributed by atoms with Gasteiger partial charge in [0.15, 0.2) is 12.4 Å². The number of Topliss-reactive ketones (excluding diaryl/α,β-unsaturated/α-hetero) is 1. The van der Waals surface area contributed by atoms with Crippen LogP contribution in [0.25, 0.3) is 0 Å². The highest BCUT2D eigenvalue weighted by atomic mass is 35.5. The van der Waals surface area contributed by atoms with E-state index in [2.05, 4.69) is 0 Å². The Morgan fingerprint density at radius 3 is 2.55 bits per heavy atom. The molecule has 0 saturated heterocycles. The van der Waals surface area contributed by atoms with Crippen molar-refractivity contribution < 1.29 is 9.53 Å². The van der Waals surface area contributed by atoms with E-state index in [1.54, 1.807) is 18.2 Å². The standard InChI is InChI=1S/C16H14Cl2O2/c1-10-4-3-5-16(11(10)2)20-9-15(19)12-6-7-13(17)14(18)8-12/h3-8H,9H2,1-2H3. The van der Waals surface area contributed by atoms with Gasteiger partial charge in [-0.1, -0.05) is 35.3 Å². The summed E-state index contributed by atoms with van der Waals surface area (Å²) in [5.74, 6) is 0.586. The summed E-state index contributed by atoms with van der Waals surface area (Å²) < 4.78 is 5.58. The normalized spacial score (nSPS) is 10.4. The number of ether oxygens (including phenoxy) is 1. The molecule has 20 heavy (non-hydrogen) atoms. The van der Waals surface area contributed by atoms with Crippen molar-refractivity contribution in [3.8, 4) is 5.75 Å². The smallest absolute Gasteiger partial charge is 0.200 e. The summed E-state index contributed by atoms with van der Waals surface area (Å²) in [5, 5.41) is 0.794. The van der Waals surface area contributed by atoms with Gasteiger partial charge in [-0.05, 0) is 49.2 Å². The van der Waals surface area contributed by atoms with Crippen LogP contribution >= 0.6 is 23.2 Å². The number of hydrogen-bond acceptors (Lipinski definition) is 2. The second-order valence-corrected chi connectivity index (χ2v) is 5.35. The first-order valence-corrected chi connectivity index (χ1v) is 6.92. The highest BCUT2D eigenvalue weighted by molar-refractivity contribution is 6.42. The molecule has 0 atom stereocenters. The molecule has 0 heterocycles. The fourth-order valence-electron chi connectivity index (χ4n) is 1.78. The molecule has 0 bridgehead atoms. The van der Waals surface area contributed by atoms with Crippen LogP contribution in [0.5, 0.6) is 5.75 Å². The summed E-state index contributed by atoms with van der Waals surface area (Å²) in [4.78, 5) is 12.1. The van der Waals surface area contributed by atoms with Crippen molar-refractivity contribution in [2.45, 2.75) is 13.8 Å². The lowest BCUT2D eigenvalue weighted by atomic mass is 10.1. The van der Waals surface area contributed by atoms with E-state index < -0.39 is 0 Å². The molecule has 2 nitrogen and oxygen atoms in total. The number of ketones is 1. The average Bonchev–Trinajstić information content (AvgIpc) is 2.43. The first kappa shape index (κ1) is 14.9. The van der Waals surface area contributed by atoms with Gasteiger partial charge in [-0.2, -0.15) is 0 Å². The Kier molecular flexibility index (Phi) is 4.69. The van der Waals surface area contributed by atoms with Gasteiger partial charge in [-0.25, -0.2) is 0 Å².